The molecule has 0 aliphatic rings. The molecule has 0 heterocycles. The van der Waals surface area contributed by atoms with Crippen LogP contribution < -0.4 is 0 Å². The van der Waals surface area contributed by atoms with E-state index in [0.717, 1.165) is 25.7 Å². The van der Waals surface area contributed by atoms with Crippen molar-refractivity contribution >= 4 is 11.8 Å². The lowest BCUT2D eigenvalue weighted by Gasteiger charge is -2.09. The molecule has 0 aromatic carbocycles. The minimum absolute atomic E-state index is 0.0403. The first kappa shape index (κ1) is 18.8. The van der Waals surface area contributed by atoms with Crippen molar-refractivity contribution in [1.29, 1.82) is 0 Å². The SMILES string of the molecule is C/C=C\CCCCCCCC(=O)C[C@@H](O)COC(C)=O. The van der Waals surface area contributed by atoms with Gasteiger partial charge in [0.25, 0.3) is 0 Å². The van der Waals surface area contributed by atoms with Crippen molar-refractivity contribution in [3.8, 4) is 0 Å². The van der Waals surface area contributed by atoms with E-state index in [-0.39, 0.29) is 18.8 Å². The Morgan fingerprint density at radius 1 is 1.15 bits per heavy atom. The van der Waals surface area contributed by atoms with Gasteiger partial charge in [-0.2, -0.15) is 0 Å². The first-order chi connectivity index (χ1) is 9.56. The fourth-order valence-corrected chi connectivity index (χ4v) is 1.92. The molecule has 4 nitrogen and oxygen atoms in total. The Labute approximate surface area is 122 Å². The molecule has 0 aliphatic heterocycles. The van der Waals surface area contributed by atoms with E-state index in [1.165, 1.54) is 19.8 Å². The maximum atomic E-state index is 11.6. The van der Waals surface area contributed by atoms with Gasteiger partial charge in [-0.1, -0.05) is 31.4 Å². The Hall–Kier alpha value is -1.16. The Kier molecular flexibility index (Phi) is 12.1. The van der Waals surface area contributed by atoms with Crippen molar-refractivity contribution in [1.82, 2.24) is 0 Å². The maximum Gasteiger partial charge on any atom is 0.302 e. The molecular weight excluding hydrogens is 256 g/mol. The predicted octanol–water partition coefficient (Wildman–Crippen LogP) is 3.18. The van der Waals surface area contributed by atoms with Gasteiger partial charge in [0.2, 0.25) is 0 Å². The summed E-state index contributed by atoms with van der Waals surface area (Å²) < 4.78 is 4.65. The zero-order valence-electron chi connectivity index (χ0n) is 12.8. The highest BCUT2D eigenvalue weighted by Gasteiger charge is 2.11. The smallest absolute Gasteiger partial charge is 0.302 e. The van der Waals surface area contributed by atoms with Gasteiger partial charge in [0.15, 0.2) is 0 Å². The molecule has 0 aromatic rings. The fraction of sp³-hybridized carbons (Fsp3) is 0.750. The van der Waals surface area contributed by atoms with Gasteiger partial charge >= 0.3 is 5.97 Å². The molecule has 0 aromatic heterocycles. The van der Waals surface area contributed by atoms with Crippen LogP contribution in [0.4, 0.5) is 0 Å². The van der Waals surface area contributed by atoms with Crippen LogP contribution >= 0.6 is 0 Å². The topological polar surface area (TPSA) is 63.6 Å². The number of carbonyl (C=O) groups excluding carboxylic acids is 2. The van der Waals surface area contributed by atoms with Gasteiger partial charge in [-0.25, -0.2) is 0 Å². The van der Waals surface area contributed by atoms with E-state index in [1.54, 1.807) is 0 Å². The number of unbranched alkanes of at least 4 members (excludes halogenated alkanes) is 5. The van der Waals surface area contributed by atoms with E-state index in [4.69, 9.17) is 0 Å². The van der Waals surface area contributed by atoms with Crippen LogP contribution in [0.1, 0.15) is 65.2 Å². The molecule has 0 aliphatic carbocycles. The Morgan fingerprint density at radius 2 is 1.80 bits per heavy atom. The van der Waals surface area contributed by atoms with E-state index in [0.29, 0.717) is 6.42 Å². The van der Waals surface area contributed by atoms with Crippen LogP contribution in [0.3, 0.4) is 0 Å². The third-order valence-corrected chi connectivity index (χ3v) is 3.00. The number of Topliss-reactive ketones (excluding diaryl/α,β-unsaturated/α-hetero) is 1. The number of hydrogen-bond donors (Lipinski definition) is 1. The molecule has 0 amide bonds. The van der Waals surface area contributed by atoms with Gasteiger partial charge in [0, 0.05) is 19.8 Å². The van der Waals surface area contributed by atoms with Crippen molar-refractivity contribution in [2.45, 2.75) is 71.3 Å². The lowest BCUT2D eigenvalue weighted by molar-refractivity contribution is -0.145. The van der Waals surface area contributed by atoms with Gasteiger partial charge in [-0.3, -0.25) is 9.59 Å². The number of carbonyl (C=O) groups is 2. The molecule has 4 heteroatoms. The van der Waals surface area contributed by atoms with Gasteiger partial charge in [0.05, 0.1) is 6.10 Å². The second kappa shape index (κ2) is 12.9. The molecule has 0 spiro atoms. The quantitative estimate of drug-likeness (QED) is 0.339. The lowest BCUT2D eigenvalue weighted by atomic mass is 10.0. The monoisotopic (exact) mass is 284 g/mol. The second-order valence-corrected chi connectivity index (χ2v) is 5.07. The normalized spacial score (nSPS) is 12.6. The Bertz CT molecular complexity index is 297. The number of rotatable bonds is 12. The number of aliphatic hydroxyl groups is 1. The molecule has 116 valence electrons. The molecule has 1 N–H and O–H groups in total. The molecule has 1 atom stereocenters. The molecule has 0 fully saturated rings. The number of hydrogen-bond acceptors (Lipinski definition) is 4. The van der Waals surface area contributed by atoms with Crippen molar-refractivity contribution in [2.75, 3.05) is 6.61 Å². The van der Waals surface area contributed by atoms with Gasteiger partial charge < -0.3 is 9.84 Å². The summed E-state index contributed by atoms with van der Waals surface area (Å²) in [4.78, 5) is 22.1. The molecule has 20 heavy (non-hydrogen) atoms. The summed E-state index contributed by atoms with van der Waals surface area (Å²) in [5.41, 5.74) is 0. The molecule has 0 saturated heterocycles. The summed E-state index contributed by atoms with van der Waals surface area (Å²) in [5.74, 6) is -0.395. The Balaban J connectivity index is 3.42. The van der Waals surface area contributed by atoms with Crippen LogP contribution in [-0.4, -0.2) is 29.6 Å². The van der Waals surface area contributed by atoms with Crippen LogP contribution in [0.15, 0.2) is 12.2 Å². The molecule has 0 bridgehead atoms. The lowest BCUT2D eigenvalue weighted by Crippen LogP contribution is -2.20. The molecule has 0 saturated carbocycles. The largest absolute Gasteiger partial charge is 0.463 e. The average molecular weight is 284 g/mol. The number of esters is 1. The minimum atomic E-state index is -0.868. The van der Waals surface area contributed by atoms with E-state index in [9.17, 15) is 14.7 Å². The van der Waals surface area contributed by atoms with Crippen LogP contribution in [0.5, 0.6) is 0 Å². The standard InChI is InChI=1S/C16H28O4/c1-3-4-5-6-7-8-9-10-11-15(18)12-16(19)13-20-14(2)17/h3-4,16,19H,5-13H2,1-2H3/b4-3-/t16-/m1/s1. The average Bonchev–Trinajstić information content (AvgIpc) is 2.39. The summed E-state index contributed by atoms with van der Waals surface area (Å²) in [6.07, 6.45) is 10.6. The fourth-order valence-electron chi connectivity index (χ4n) is 1.92. The Morgan fingerprint density at radius 3 is 2.45 bits per heavy atom. The number of ketones is 1. The summed E-state index contributed by atoms with van der Waals surface area (Å²) in [6.45, 7) is 3.22. The summed E-state index contributed by atoms with van der Waals surface area (Å²) in [7, 11) is 0. The summed E-state index contributed by atoms with van der Waals surface area (Å²) in [6, 6.07) is 0. The van der Waals surface area contributed by atoms with E-state index in [2.05, 4.69) is 16.9 Å². The zero-order chi connectivity index (χ0) is 15.2. The van der Waals surface area contributed by atoms with Gasteiger partial charge in [-0.15, -0.1) is 0 Å². The minimum Gasteiger partial charge on any atom is -0.463 e. The summed E-state index contributed by atoms with van der Waals surface area (Å²) in [5, 5.41) is 9.49. The van der Waals surface area contributed by atoms with Crippen LogP contribution in [0, 0.1) is 0 Å². The first-order valence-corrected chi connectivity index (χ1v) is 7.50. The number of ether oxygens (including phenoxy) is 1. The van der Waals surface area contributed by atoms with E-state index in [1.807, 2.05) is 6.92 Å². The predicted molar refractivity (Wildman–Crippen MR) is 79.4 cm³/mol. The van der Waals surface area contributed by atoms with E-state index >= 15 is 0 Å². The highest BCUT2D eigenvalue weighted by atomic mass is 16.5. The molecule has 0 radical (unpaired) electrons. The number of aliphatic hydroxyl groups excluding tert-OH is 1. The molecule has 0 unspecified atom stereocenters. The van der Waals surface area contributed by atoms with Crippen molar-refractivity contribution < 1.29 is 19.4 Å². The summed E-state index contributed by atoms with van der Waals surface area (Å²) >= 11 is 0. The van der Waals surface area contributed by atoms with Gasteiger partial charge in [0.1, 0.15) is 12.4 Å². The zero-order valence-corrected chi connectivity index (χ0v) is 12.8. The van der Waals surface area contributed by atoms with Crippen molar-refractivity contribution in [3.05, 3.63) is 12.2 Å². The second-order valence-electron chi connectivity index (χ2n) is 5.07. The highest BCUT2D eigenvalue weighted by Crippen LogP contribution is 2.09. The van der Waals surface area contributed by atoms with Crippen LogP contribution in [-0.2, 0) is 14.3 Å². The number of allylic oxidation sites excluding steroid dienone is 2. The van der Waals surface area contributed by atoms with Crippen molar-refractivity contribution in [2.24, 2.45) is 0 Å². The third kappa shape index (κ3) is 13.3. The molecule has 0 rings (SSSR count). The highest BCUT2D eigenvalue weighted by molar-refractivity contribution is 5.78. The maximum absolute atomic E-state index is 11.6. The van der Waals surface area contributed by atoms with Crippen LogP contribution in [0.25, 0.3) is 0 Å². The molecular formula is C16H28O4. The third-order valence-electron chi connectivity index (χ3n) is 3.00. The van der Waals surface area contributed by atoms with Crippen molar-refractivity contribution in [3.63, 3.8) is 0 Å². The van der Waals surface area contributed by atoms with Gasteiger partial charge in [-0.05, 0) is 26.2 Å². The van der Waals surface area contributed by atoms with Crippen LogP contribution in [0.2, 0.25) is 0 Å². The van der Waals surface area contributed by atoms with E-state index < -0.39 is 12.1 Å². The first-order valence-electron chi connectivity index (χ1n) is 7.50.